The first-order chi connectivity index (χ1) is 9.16. The van der Waals surface area contributed by atoms with Crippen LogP contribution in [0.2, 0.25) is 0 Å². The number of hydrogen-bond donors (Lipinski definition) is 2. The molecule has 0 aromatic heterocycles. The number of benzene rings is 2. The Labute approximate surface area is 110 Å². The molecule has 6 heteroatoms. The van der Waals surface area contributed by atoms with Crippen LogP contribution < -0.4 is 9.39 Å². The Morgan fingerprint density at radius 2 is 1.74 bits per heavy atom. The summed E-state index contributed by atoms with van der Waals surface area (Å²) < 4.78 is 23.6. The van der Waals surface area contributed by atoms with Crippen LogP contribution in [0.4, 0.5) is 4.39 Å². The lowest BCUT2D eigenvalue weighted by atomic mass is 10.2. The molecule has 0 bridgehead atoms. The second kappa shape index (κ2) is 6.22. The van der Waals surface area contributed by atoms with E-state index in [-0.39, 0.29) is 18.1 Å². The predicted octanol–water partition coefficient (Wildman–Crippen LogP) is 1.75. The molecule has 0 fully saturated rings. The fourth-order valence-corrected chi connectivity index (χ4v) is 1.57. The third-order valence-corrected chi connectivity index (χ3v) is 2.39. The summed E-state index contributed by atoms with van der Waals surface area (Å²) in [6.07, 6.45) is 0. The van der Waals surface area contributed by atoms with Crippen molar-refractivity contribution in [3.05, 3.63) is 59.9 Å². The van der Waals surface area contributed by atoms with Gasteiger partial charge in [0.05, 0.1) is 0 Å². The summed E-state index contributed by atoms with van der Waals surface area (Å²) in [5.74, 6) is -0.848. The summed E-state index contributed by atoms with van der Waals surface area (Å²) in [5, 5.41) is 17.5. The molecular formula is C13H12BFO4. The molecule has 2 aromatic carbocycles. The van der Waals surface area contributed by atoms with Crippen LogP contribution in [-0.4, -0.2) is 17.4 Å². The molecule has 0 heterocycles. The Kier molecular flexibility index (Phi) is 4.38. The van der Waals surface area contributed by atoms with Crippen LogP contribution in [0.1, 0.15) is 5.56 Å². The maximum absolute atomic E-state index is 13.6. The van der Waals surface area contributed by atoms with Gasteiger partial charge >= 0.3 is 7.32 Å². The maximum Gasteiger partial charge on any atom is 0.707 e. The lowest BCUT2D eigenvalue weighted by molar-refractivity contribution is 0.254. The normalized spacial score (nSPS) is 10.1. The van der Waals surface area contributed by atoms with E-state index in [4.69, 9.17) is 14.8 Å². The summed E-state index contributed by atoms with van der Waals surface area (Å²) in [4.78, 5) is 0. The van der Waals surface area contributed by atoms with Crippen LogP contribution >= 0.6 is 0 Å². The van der Waals surface area contributed by atoms with E-state index < -0.39 is 13.1 Å². The van der Waals surface area contributed by atoms with Crippen LogP contribution in [0, 0.1) is 5.82 Å². The van der Waals surface area contributed by atoms with Crippen molar-refractivity contribution in [1.29, 1.82) is 0 Å². The number of ether oxygens (including phenoxy) is 1. The van der Waals surface area contributed by atoms with Gasteiger partial charge in [-0.2, -0.15) is 0 Å². The molecule has 0 aliphatic heterocycles. The standard InChI is InChI=1S/C13H12BFO4/c15-11-7-4-8-12(19-14(16)17)13(11)18-9-10-5-2-1-3-6-10/h1-8,16-17H,9H2. The van der Waals surface area contributed by atoms with Crippen molar-refractivity contribution in [3.63, 3.8) is 0 Å². The second-order valence-electron chi connectivity index (χ2n) is 3.79. The number of rotatable bonds is 5. The largest absolute Gasteiger partial charge is 0.707 e. The average Bonchev–Trinajstić information content (AvgIpc) is 2.38. The molecule has 2 N–H and O–H groups in total. The summed E-state index contributed by atoms with van der Waals surface area (Å²) >= 11 is 0. The highest BCUT2D eigenvalue weighted by molar-refractivity contribution is 6.33. The number of hydrogen-bond acceptors (Lipinski definition) is 4. The molecule has 0 amide bonds. The van der Waals surface area contributed by atoms with Gasteiger partial charge in [-0.3, -0.25) is 0 Å². The van der Waals surface area contributed by atoms with Crippen molar-refractivity contribution in [1.82, 2.24) is 0 Å². The fourth-order valence-electron chi connectivity index (χ4n) is 1.57. The molecular weight excluding hydrogens is 250 g/mol. The molecule has 0 saturated carbocycles. The second-order valence-corrected chi connectivity index (χ2v) is 3.79. The van der Waals surface area contributed by atoms with E-state index in [1.807, 2.05) is 30.3 Å². The van der Waals surface area contributed by atoms with Gasteiger partial charge in [-0.25, -0.2) is 4.39 Å². The predicted molar refractivity (Wildman–Crippen MR) is 68.0 cm³/mol. The molecule has 4 nitrogen and oxygen atoms in total. The van der Waals surface area contributed by atoms with Crippen LogP contribution in [-0.2, 0) is 6.61 Å². The molecule has 0 aliphatic rings. The molecule has 2 aromatic rings. The van der Waals surface area contributed by atoms with Crippen molar-refractivity contribution in [2.24, 2.45) is 0 Å². The van der Waals surface area contributed by atoms with E-state index in [9.17, 15) is 4.39 Å². The minimum atomic E-state index is -2.03. The van der Waals surface area contributed by atoms with Crippen molar-refractivity contribution >= 4 is 7.32 Å². The van der Waals surface area contributed by atoms with Gasteiger partial charge in [0, 0.05) is 0 Å². The quantitative estimate of drug-likeness (QED) is 0.806. The SMILES string of the molecule is OB(O)Oc1cccc(F)c1OCc1ccccc1. The maximum atomic E-state index is 13.6. The Hall–Kier alpha value is -2.05. The third kappa shape index (κ3) is 3.71. The van der Waals surface area contributed by atoms with Gasteiger partial charge < -0.3 is 19.4 Å². The zero-order valence-electron chi connectivity index (χ0n) is 9.99. The number of halogens is 1. The van der Waals surface area contributed by atoms with Crippen LogP contribution in [0.15, 0.2) is 48.5 Å². The Balaban J connectivity index is 2.14. The first kappa shape index (κ1) is 13.4. The van der Waals surface area contributed by atoms with E-state index in [1.54, 1.807) is 0 Å². The first-order valence-corrected chi connectivity index (χ1v) is 5.65. The summed E-state index contributed by atoms with van der Waals surface area (Å²) in [5.41, 5.74) is 0.862. The van der Waals surface area contributed by atoms with Crippen LogP contribution in [0.25, 0.3) is 0 Å². The summed E-state index contributed by atoms with van der Waals surface area (Å²) in [6, 6.07) is 13.2. The molecule has 0 aliphatic carbocycles. The highest BCUT2D eigenvalue weighted by Crippen LogP contribution is 2.30. The van der Waals surface area contributed by atoms with E-state index in [2.05, 4.69) is 4.65 Å². The highest BCUT2D eigenvalue weighted by Gasteiger charge is 2.18. The van der Waals surface area contributed by atoms with Crippen molar-refractivity contribution in [2.75, 3.05) is 0 Å². The lowest BCUT2D eigenvalue weighted by Crippen LogP contribution is -2.21. The van der Waals surface area contributed by atoms with E-state index >= 15 is 0 Å². The van der Waals surface area contributed by atoms with Gasteiger partial charge in [0.2, 0.25) is 0 Å². The minimum absolute atomic E-state index is 0.0640. The molecule has 98 valence electrons. The van der Waals surface area contributed by atoms with Gasteiger partial charge in [-0.15, -0.1) is 0 Å². The van der Waals surface area contributed by atoms with Gasteiger partial charge in [0.25, 0.3) is 0 Å². The summed E-state index contributed by atoms with van der Waals surface area (Å²) in [6.45, 7) is 0.152. The van der Waals surface area contributed by atoms with E-state index in [0.717, 1.165) is 5.56 Å². The van der Waals surface area contributed by atoms with Crippen LogP contribution in [0.5, 0.6) is 11.5 Å². The van der Waals surface area contributed by atoms with Crippen LogP contribution in [0.3, 0.4) is 0 Å². The smallest absolute Gasteiger partial charge is 0.509 e. The molecule has 19 heavy (non-hydrogen) atoms. The van der Waals surface area contributed by atoms with Gasteiger partial charge in [0.15, 0.2) is 11.6 Å². The van der Waals surface area contributed by atoms with Gasteiger partial charge in [-0.1, -0.05) is 36.4 Å². The van der Waals surface area contributed by atoms with Gasteiger partial charge in [-0.05, 0) is 17.7 Å². The topological polar surface area (TPSA) is 58.9 Å². The molecule has 2 rings (SSSR count). The molecule has 0 spiro atoms. The van der Waals surface area contributed by atoms with E-state index in [0.29, 0.717) is 0 Å². The Morgan fingerprint density at radius 3 is 2.42 bits per heavy atom. The van der Waals surface area contributed by atoms with Gasteiger partial charge in [0.1, 0.15) is 12.4 Å². The molecule has 0 unspecified atom stereocenters. The monoisotopic (exact) mass is 262 g/mol. The Bertz CT molecular complexity index is 533. The minimum Gasteiger partial charge on any atom is -0.509 e. The number of para-hydroxylation sites is 1. The third-order valence-electron chi connectivity index (χ3n) is 2.39. The zero-order chi connectivity index (χ0) is 13.7. The summed E-state index contributed by atoms with van der Waals surface area (Å²) in [7, 11) is -2.03. The highest BCUT2D eigenvalue weighted by atomic mass is 19.1. The van der Waals surface area contributed by atoms with Crippen molar-refractivity contribution < 1.29 is 23.8 Å². The lowest BCUT2D eigenvalue weighted by Gasteiger charge is -2.13. The average molecular weight is 262 g/mol. The molecule has 0 radical (unpaired) electrons. The molecule has 0 saturated heterocycles. The van der Waals surface area contributed by atoms with E-state index in [1.165, 1.54) is 18.2 Å². The molecule has 0 atom stereocenters. The first-order valence-electron chi connectivity index (χ1n) is 5.65. The zero-order valence-corrected chi connectivity index (χ0v) is 9.99. The Morgan fingerprint density at radius 1 is 1.00 bits per heavy atom. The van der Waals surface area contributed by atoms with Crippen molar-refractivity contribution in [3.8, 4) is 11.5 Å². The fraction of sp³-hybridized carbons (Fsp3) is 0.0769. The van der Waals surface area contributed by atoms with Crippen molar-refractivity contribution in [2.45, 2.75) is 6.61 Å².